The largest absolute Gasteiger partial charge is 0.326 e. The summed E-state index contributed by atoms with van der Waals surface area (Å²) in [6, 6.07) is 9.40. The van der Waals surface area contributed by atoms with Gasteiger partial charge in [-0.25, -0.2) is 0 Å². The standard InChI is InChI=1S/C18H30N2/c1-3-15-9-11-18(12-10-15)20(4-2)14-17-8-6-5-7-16(17)13-19/h5-8,15,18H,3-4,9-14,19H2,1-2H3. The lowest BCUT2D eigenvalue weighted by molar-refractivity contribution is 0.134. The molecule has 2 nitrogen and oxygen atoms in total. The fourth-order valence-corrected chi connectivity index (χ4v) is 3.55. The van der Waals surface area contributed by atoms with Gasteiger partial charge in [0, 0.05) is 19.1 Å². The third-order valence-corrected chi connectivity index (χ3v) is 5.03. The van der Waals surface area contributed by atoms with Crippen molar-refractivity contribution in [3.05, 3.63) is 35.4 Å². The Kier molecular flexibility index (Phi) is 6.06. The third kappa shape index (κ3) is 3.83. The van der Waals surface area contributed by atoms with E-state index >= 15 is 0 Å². The van der Waals surface area contributed by atoms with Crippen LogP contribution in [0.2, 0.25) is 0 Å². The van der Waals surface area contributed by atoms with Gasteiger partial charge in [0.2, 0.25) is 0 Å². The molecule has 1 aromatic carbocycles. The van der Waals surface area contributed by atoms with Gasteiger partial charge in [-0.3, -0.25) is 4.90 Å². The van der Waals surface area contributed by atoms with Crippen LogP contribution in [-0.2, 0) is 13.1 Å². The lowest BCUT2D eigenvalue weighted by Crippen LogP contribution is -2.37. The summed E-state index contributed by atoms with van der Waals surface area (Å²) in [4.78, 5) is 2.65. The van der Waals surface area contributed by atoms with E-state index in [1.54, 1.807) is 0 Å². The Bertz CT molecular complexity index is 394. The predicted molar refractivity (Wildman–Crippen MR) is 86.5 cm³/mol. The van der Waals surface area contributed by atoms with Gasteiger partial charge in [0.05, 0.1) is 0 Å². The molecular weight excluding hydrogens is 244 g/mol. The summed E-state index contributed by atoms with van der Waals surface area (Å²) < 4.78 is 0. The molecule has 0 amide bonds. The van der Waals surface area contributed by atoms with E-state index in [1.165, 1.54) is 43.2 Å². The summed E-state index contributed by atoms with van der Waals surface area (Å²) >= 11 is 0. The molecule has 0 atom stereocenters. The highest BCUT2D eigenvalue weighted by Crippen LogP contribution is 2.30. The van der Waals surface area contributed by atoms with Crippen molar-refractivity contribution in [1.29, 1.82) is 0 Å². The second kappa shape index (κ2) is 7.80. The lowest BCUT2D eigenvalue weighted by atomic mass is 9.84. The van der Waals surface area contributed by atoms with Crippen LogP contribution in [0.5, 0.6) is 0 Å². The molecule has 1 aliphatic rings. The fourth-order valence-electron chi connectivity index (χ4n) is 3.55. The topological polar surface area (TPSA) is 29.3 Å². The van der Waals surface area contributed by atoms with Gasteiger partial charge in [-0.05, 0) is 49.3 Å². The number of nitrogens with zero attached hydrogens (tertiary/aromatic N) is 1. The Morgan fingerprint density at radius 3 is 2.25 bits per heavy atom. The molecule has 1 aliphatic carbocycles. The van der Waals surface area contributed by atoms with Gasteiger partial charge in [-0.15, -0.1) is 0 Å². The summed E-state index contributed by atoms with van der Waals surface area (Å²) in [5.74, 6) is 0.973. The Morgan fingerprint density at radius 1 is 1.05 bits per heavy atom. The van der Waals surface area contributed by atoms with Crippen LogP contribution in [0, 0.1) is 5.92 Å². The average molecular weight is 274 g/mol. The molecule has 0 saturated heterocycles. The first-order valence-electron chi connectivity index (χ1n) is 8.29. The van der Waals surface area contributed by atoms with Crippen LogP contribution in [0.1, 0.15) is 57.1 Å². The molecular formula is C18H30N2. The highest BCUT2D eigenvalue weighted by atomic mass is 15.1. The number of benzene rings is 1. The summed E-state index contributed by atoms with van der Waals surface area (Å²) in [5, 5.41) is 0. The van der Waals surface area contributed by atoms with Gasteiger partial charge < -0.3 is 5.73 Å². The van der Waals surface area contributed by atoms with Crippen molar-refractivity contribution in [2.45, 2.75) is 65.1 Å². The molecule has 1 saturated carbocycles. The molecule has 1 aromatic rings. The van der Waals surface area contributed by atoms with E-state index in [9.17, 15) is 0 Å². The summed E-state index contributed by atoms with van der Waals surface area (Å²) in [6.45, 7) is 7.47. The zero-order chi connectivity index (χ0) is 14.4. The summed E-state index contributed by atoms with van der Waals surface area (Å²) in [7, 11) is 0. The first kappa shape index (κ1) is 15.5. The zero-order valence-corrected chi connectivity index (χ0v) is 13.1. The molecule has 2 heteroatoms. The second-order valence-corrected chi connectivity index (χ2v) is 6.12. The molecule has 1 fully saturated rings. The van der Waals surface area contributed by atoms with E-state index in [-0.39, 0.29) is 0 Å². The molecule has 112 valence electrons. The maximum Gasteiger partial charge on any atom is 0.0239 e. The highest BCUT2D eigenvalue weighted by molar-refractivity contribution is 5.26. The molecule has 0 aliphatic heterocycles. The third-order valence-electron chi connectivity index (χ3n) is 5.03. The maximum atomic E-state index is 5.86. The van der Waals surface area contributed by atoms with Gasteiger partial charge in [0.15, 0.2) is 0 Å². The number of rotatable bonds is 6. The summed E-state index contributed by atoms with van der Waals surface area (Å²) in [6.07, 6.45) is 6.93. The van der Waals surface area contributed by atoms with Gasteiger partial charge in [0.25, 0.3) is 0 Å². The molecule has 2 N–H and O–H groups in total. The van der Waals surface area contributed by atoms with E-state index in [0.717, 1.165) is 25.0 Å². The van der Waals surface area contributed by atoms with Crippen molar-refractivity contribution in [3.8, 4) is 0 Å². The second-order valence-electron chi connectivity index (χ2n) is 6.12. The molecule has 0 aromatic heterocycles. The SMILES string of the molecule is CCC1CCC(N(CC)Cc2ccccc2CN)CC1. The van der Waals surface area contributed by atoms with Gasteiger partial charge >= 0.3 is 0 Å². The van der Waals surface area contributed by atoms with E-state index in [4.69, 9.17) is 5.73 Å². The first-order chi connectivity index (χ1) is 9.78. The fraction of sp³-hybridized carbons (Fsp3) is 0.667. The van der Waals surface area contributed by atoms with Crippen LogP contribution in [0.3, 0.4) is 0 Å². The van der Waals surface area contributed by atoms with Gasteiger partial charge in [0.1, 0.15) is 0 Å². The minimum absolute atomic E-state index is 0.649. The van der Waals surface area contributed by atoms with Gasteiger partial charge in [-0.1, -0.05) is 44.5 Å². The molecule has 0 unspecified atom stereocenters. The van der Waals surface area contributed by atoms with E-state index < -0.39 is 0 Å². The van der Waals surface area contributed by atoms with Crippen LogP contribution >= 0.6 is 0 Å². The minimum Gasteiger partial charge on any atom is -0.326 e. The normalized spacial score (nSPS) is 23.2. The van der Waals surface area contributed by atoms with Crippen molar-refractivity contribution in [3.63, 3.8) is 0 Å². The Morgan fingerprint density at radius 2 is 1.70 bits per heavy atom. The average Bonchev–Trinajstić information content (AvgIpc) is 2.53. The van der Waals surface area contributed by atoms with Crippen molar-refractivity contribution in [1.82, 2.24) is 4.90 Å². The quantitative estimate of drug-likeness (QED) is 0.851. The smallest absolute Gasteiger partial charge is 0.0239 e. The summed E-state index contributed by atoms with van der Waals surface area (Å²) in [5.41, 5.74) is 8.57. The van der Waals surface area contributed by atoms with E-state index in [0.29, 0.717) is 6.54 Å². The van der Waals surface area contributed by atoms with Crippen LogP contribution in [0.4, 0.5) is 0 Å². The molecule has 2 rings (SSSR count). The van der Waals surface area contributed by atoms with Crippen LogP contribution in [-0.4, -0.2) is 17.5 Å². The lowest BCUT2D eigenvalue weighted by Gasteiger charge is -2.36. The monoisotopic (exact) mass is 274 g/mol. The van der Waals surface area contributed by atoms with E-state index in [2.05, 4.69) is 43.0 Å². The molecule has 0 radical (unpaired) electrons. The Hall–Kier alpha value is -0.860. The van der Waals surface area contributed by atoms with Gasteiger partial charge in [-0.2, -0.15) is 0 Å². The van der Waals surface area contributed by atoms with E-state index in [1.807, 2.05) is 0 Å². The number of hydrogen-bond acceptors (Lipinski definition) is 2. The van der Waals surface area contributed by atoms with Crippen molar-refractivity contribution < 1.29 is 0 Å². The number of hydrogen-bond donors (Lipinski definition) is 1. The maximum absolute atomic E-state index is 5.86. The zero-order valence-electron chi connectivity index (χ0n) is 13.1. The molecule has 0 spiro atoms. The van der Waals surface area contributed by atoms with Crippen LogP contribution < -0.4 is 5.73 Å². The van der Waals surface area contributed by atoms with Crippen molar-refractivity contribution in [2.75, 3.05) is 6.54 Å². The molecule has 0 heterocycles. The number of nitrogens with two attached hydrogens (primary N) is 1. The first-order valence-corrected chi connectivity index (χ1v) is 8.29. The minimum atomic E-state index is 0.649. The van der Waals surface area contributed by atoms with Crippen LogP contribution in [0.25, 0.3) is 0 Å². The van der Waals surface area contributed by atoms with Crippen molar-refractivity contribution in [2.24, 2.45) is 11.7 Å². The Balaban J connectivity index is 1.98. The van der Waals surface area contributed by atoms with Crippen LogP contribution in [0.15, 0.2) is 24.3 Å². The predicted octanol–water partition coefficient (Wildman–Crippen LogP) is 3.94. The Labute approximate surface area is 124 Å². The van der Waals surface area contributed by atoms with Crippen molar-refractivity contribution >= 4 is 0 Å². The molecule has 0 bridgehead atoms. The highest BCUT2D eigenvalue weighted by Gasteiger charge is 2.24. The molecule has 20 heavy (non-hydrogen) atoms.